The van der Waals surface area contributed by atoms with Crippen molar-refractivity contribution in [3.05, 3.63) is 52.1 Å². The lowest BCUT2D eigenvalue weighted by Crippen LogP contribution is -2.13. The minimum Gasteiger partial charge on any atom is -0.329 e. The van der Waals surface area contributed by atoms with Crippen LogP contribution in [-0.4, -0.2) is 12.0 Å². The number of hydrogen-bond acceptors (Lipinski definition) is 2. The van der Waals surface area contributed by atoms with Crippen LogP contribution in [0.4, 0.5) is 11.5 Å². The van der Waals surface area contributed by atoms with Gasteiger partial charge in [-0.1, -0.05) is 12.1 Å². The maximum atomic E-state index is 5.98. The summed E-state index contributed by atoms with van der Waals surface area (Å²) in [5.74, 6) is 1.33. The molecule has 0 spiro atoms. The molecular weight excluding hydrogens is 312 g/mol. The van der Waals surface area contributed by atoms with E-state index in [4.69, 9.17) is 11.6 Å². The number of rotatable bonds is 3. The first-order valence-electron chi connectivity index (χ1n) is 5.62. The van der Waals surface area contributed by atoms with Crippen LogP contribution in [0.15, 0.2) is 41.0 Å². The number of benzene rings is 1. The highest BCUT2D eigenvalue weighted by Crippen LogP contribution is 2.28. The molecular formula is C14H14BrClN2. The number of anilines is 2. The SMILES string of the molecule is Cc1cccc(N(C)c2ncc(Br)cc2CCl)c1. The summed E-state index contributed by atoms with van der Waals surface area (Å²) in [6.45, 7) is 2.08. The fourth-order valence-electron chi connectivity index (χ4n) is 1.83. The predicted octanol–water partition coefficient (Wildman–Crippen LogP) is 4.66. The lowest BCUT2D eigenvalue weighted by molar-refractivity contribution is 1.09. The molecule has 1 aromatic heterocycles. The number of aromatic nitrogens is 1. The van der Waals surface area contributed by atoms with Gasteiger partial charge in [-0.25, -0.2) is 4.98 Å². The normalized spacial score (nSPS) is 10.4. The van der Waals surface area contributed by atoms with E-state index in [9.17, 15) is 0 Å². The van der Waals surface area contributed by atoms with E-state index in [-0.39, 0.29) is 0 Å². The van der Waals surface area contributed by atoms with Crippen LogP contribution in [0.3, 0.4) is 0 Å². The molecule has 1 heterocycles. The van der Waals surface area contributed by atoms with Crippen LogP contribution >= 0.6 is 27.5 Å². The van der Waals surface area contributed by atoms with Crippen LogP contribution < -0.4 is 4.90 Å². The molecule has 2 aromatic rings. The van der Waals surface area contributed by atoms with Crippen molar-refractivity contribution in [3.63, 3.8) is 0 Å². The van der Waals surface area contributed by atoms with Gasteiger partial charge in [0.2, 0.25) is 0 Å². The molecule has 4 heteroatoms. The molecule has 18 heavy (non-hydrogen) atoms. The van der Waals surface area contributed by atoms with Gasteiger partial charge in [-0.15, -0.1) is 11.6 Å². The van der Waals surface area contributed by atoms with Gasteiger partial charge in [-0.05, 0) is 46.6 Å². The van der Waals surface area contributed by atoms with Crippen molar-refractivity contribution < 1.29 is 0 Å². The largest absolute Gasteiger partial charge is 0.329 e. The van der Waals surface area contributed by atoms with Gasteiger partial charge in [0.1, 0.15) is 5.82 Å². The molecule has 0 bridgehead atoms. The number of halogens is 2. The first-order valence-corrected chi connectivity index (χ1v) is 6.95. The smallest absolute Gasteiger partial charge is 0.137 e. The van der Waals surface area contributed by atoms with Crippen molar-refractivity contribution in [2.75, 3.05) is 11.9 Å². The fourth-order valence-corrected chi connectivity index (χ4v) is 2.41. The summed E-state index contributed by atoms with van der Waals surface area (Å²) in [5, 5.41) is 0. The van der Waals surface area contributed by atoms with E-state index in [1.165, 1.54) is 5.56 Å². The lowest BCUT2D eigenvalue weighted by Gasteiger charge is -2.21. The van der Waals surface area contributed by atoms with E-state index in [0.29, 0.717) is 5.88 Å². The molecule has 94 valence electrons. The van der Waals surface area contributed by atoms with E-state index in [1.54, 1.807) is 6.20 Å². The topological polar surface area (TPSA) is 16.1 Å². The van der Waals surface area contributed by atoms with Crippen molar-refractivity contribution in [2.45, 2.75) is 12.8 Å². The van der Waals surface area contributed by atoms with Gasteiger partial charge in [0.25, 0.3) is 0 Å². The highest BCUT2D eigenvalue weighted by atomic mass is 79.9. The summed E-state index contributed by atoms with van der Waals surface area (Å²) in [6, 6.07) is 10.3. The second kappa shape index (κ2) is 5.72. The van der Waals surface area contributed by atoms with E-state index < -0.39 is 0 Å². The molecule has 1 aromatic carbocycles. The third-order valence-corrected chi connectivity index (χ3v) is 3.48. The minimum atomic E-state index is 0.442. The summed E-state index contributed by atoms with van der Waals surface area (Å²) in [4.78, 5) is 6.50. The highest BCUT2D eigenvalue weighted by Gasteiger charge is 2.11. The van der Waals surface area contributed by atoms with E-state index >= 15 is 0 Å². The van der Waals surface area contributed by atoms with Crippen LogP contribution in [0, 0.1) is 6.92 Å². The predicted molar refractivity (Wildman–Crippen MR) is 80.7 cm³/mol. The van der Waals surface area contributed by atoms with Crippen molar-refractivity contribution in [1.82, 2.24) is 4.98 Å². The summed E-state index contributed by atoms with van der Waals surface area (Å²) in [7, 11) is 2.00. The Bertz CT molecular complexity index is 557. The summed E-state index contributed by atoms with van der Waals surface area (Å²) >= 11 is 9.39. The van der Waals surface area contributed by atoms with Gasteiger partial charge < -0.3 is 4.90 Å². The molecule has 0 atom stereocenters. The molecule has 2 rings (SSSR count). The van der Waals surface area contributed by atoms with E-state index in [1.807, 2.05) is 19.2 Å². The lowest BCUT2D eigenvalue weighted by atomic mass is 10.2. The summed E-state index contributed by atoms with van der Waals surface area (Å²) in [6.07, 6.45) is 1.79. The standard InChI is InChI=1S/C14H14BrClN2/c1-10-4-3-5-13(6-10)18(2)14-11(8-16)7-12(15)9-17-14/h3-7,9H,8H2,1-2H3. The van der Waals surface area contributed by atoms with Crippen LogP contribution in [-0.2, 0) is 5.88 Å². The number of nitrogens with zero attached hydrogens (tertiary/aromatic N) is 2. The minimum absolute atomic E-state index is 0.442. The summed E-state index contributed by atoms with van der Waals surface area (Å²) < 4.78 is 0.944. The second-order valence-electron chi connectivity index (χ2n) is 4.17. The Balaban J connectivity index is 2.42. The second-order valence-corrected chi connectivity index (χ2v) is 5.35. The average molecular weight is 326 g/mol. The van der Waals surface area contributed by atoms with Crippen LogP contribution in [0.2, 0.25) is 0 Å². The molecule has 0 aliphatic rings. The maximum Gasteiger partial charge on any atom is 0.137 e. The van der Waals surface area contributed by atoms with Crippen LogP contribution in [0.1, 0.15) is 11.1 Å². The van der Waals surface area contributed by atoms with Gasteiger partial charge in [0.05, 0.1) is 5.88 Å². The molecule has 0 amide bonds. The van der Waals surface area contributed by atoms with Crippen LogP contribution in [0.25, 0.3) is 0 Å². The fraction of sp³-hybridized carbons (Fsp3) is 0.214. The molecule has 0 saturated heterocycles. The molecule has 0 radical (unpaired) electrons. The van der Waals surface area contributed by atoms with E-state index in [2.05, 4.69) is 50.9 Å². The third-order valence-electron chi connectivity index (χ3n) is 2.76. The van der Waals surface area contributed by atoms with Gasteiger partial charge in [-0.2, -0.15) is 0 Å². The quantitative estimate of drug-likeness (QED) is 0.763. The number of aryl methyl sites for hydroxylation is 1. The molecule has 0 aliphatic carbocycles. The summed E-state index contributed by atoms with van der Waals surface area (Å²) in [5.41, 5.74) is 3.34. The Labute approximate surface area is 121 Å². The molecule has 0 unspecified atom stereocenters. The Morgan fingerprint density at radius 3 is 2.78 bits per heavy atom. The third kappa shape index (κ3) is 2.85. The van der Waals surface area contributed by atoms with Crippen molar-refractivity contribution in [3.8, 4) is 0 Å². The van der Waals surface area contributed by atoms with Gasteiger partial charge >= 0.3 is 0 Å². The van der Waals surface area contributed by atoms with Gasteiger partial charge in [-0.3, -0.25) is 0 Å². The van der Waals surface area contributed by atoms with Crippen molar-refractivity contribution in [1.29, 1.82) is 0 Å². The molecule has 0 aliphatic heterocycles. The molecule has 0 N–H and O–H groups in total. The van der Waals surface area contributed by atoms with Gasteiger partial charge in [0.15, 0.2) is 0 Å². The monoisotopic (exact) mass is 324 g/mol. The van der Waals surface area contributed by atoms with Crippen LogP contribution in [0.5, 0.6) is 0 Å². The Kier molecular flexibility index (Phi) is 4.25. The highest BCUT2D eigenvalue weighted by molar-refractivity contribution is 9.10. The zero-order valence-electron chi connectivity index (χ0n) is 10.3. The first-order chi connectivity index (χ1) is 8.61. The Morgan fingerprint density at radius 1 is 1.33 bits per heavy atom. The number of pyridine rings is 1. The number of alkyl halides is 1. The zero-order chi connectivity index (χ0) is 13.1. The Morgan fingerprint density at radius 2 is 2.11 bits per heavy atom. The average Bonchev–Trinajstić information content (AvgIpc) is 2.37. The van der Waals surface area contributed by atoms with Crippen molar-refractivity contribution in [2.24, 2.45) is 0 Å². The number of hydrogen-bond donors (Lipinski definition) is 0. The Hall–Kier alpha value is -1.06. The maximum absolute atomic E-state index is 5.98. The van der Waals surface area contributed by atoms with E-state index in [0.717, 1.165) is 21.5 Å². The van der Waals surface area contributed by atoms with Gasteiger partial charge in [0, 0.05) is 29.0 Å². The zero-order valence-corrected chi connectivity index (χ0v) is 12.7. The molecule has 0 fully saturated rings. The molecule has 0 saturated carbocycles. The van der Waals surface area contributed by atoms with Crippen molar-refractivity contribution >= 4 is 39.0 Å². The molecule has 2 nitrogen and oxygen atoms in total. The first kappa shape index (κ1) is 13.4.